The maximum atomic E-state index is 5.17. The fraction of sp³-hybridized carbons (Fsp3) is 0.400. The van der Waals surface area contributed by atoms with E-state index in [2.05, 4.69) is 17.2 Å². The molecule has 0 saturated carbocycles. The Morgan fingerprint density at radius 1 is 1.64 bits per heavy atom. The molecule has 2 nitrogen and oxygen atoms in total. The first kappa shape index (κ1) is 11.5. The molecule has 14 heavy (non-hydrogen) atoms. The molecule has 1 rings (SSSR count). The SMILES string of the molecule is CCCCSC(=S)Nc1cccnc1. The summed E-state index contributed by atoms with van der Waals surface area (Å²) < 4.78 is 0.825. The van der Waals surface area contributed by atoms with Crippen molar-refractivity contribution in [1.82, 2.24) is 4.98 Å². The third-order valence-corrected chi connectivity index (χ3v) is 2.95. The fourth-order valence-corrected chi connectivity index (χ4v) is 2.08. The van der Waals surface area contributed by atoms with Crippen molar-refractivity contribution in [3.63, 3.8) is 0 Å². The van der Waals surface area contributed by atoms with Crippen LogP contribution in [0.1, 0.15) is 19.8 Å². The highest BCUT2D eigenvalue weighted by Gasteiger charge is 1.97. The van der Waals surface area contributed by atoms with Gasteiger partial charge in [-0.2, -0.15) is 0 Å². The predicted molar refractivity (Wildman–Crippen MR) is 67.8 cm³/mol. The van der Waals surface area contributed by atoms with E-state index in [9.17, 15) is 0 Å². The number of rotatable bonds is 4. The Hall–Kier alpha value is -0.610. The Balaban J connectivity index is 2.27. The van der Waals surface area contributed by atoms with E-state index >= 15 is 0 Å². The molecule has 0 saturated heterocycles. The van der Waals surface area contributed by atoms with Gasteiger partial charge in [-0.15, -0.1) is 0 Å². The third kappa shape index (κ3) is 4.58. The average molecular weight is 226 g/mol. The van der Waals surface area contributed by atoms with Gasteiger partial charge in [0.25, 0.3) is 0 Å². The highest BCUT2D eigenvalue weighted by atomic mass is 32.2. The molecule has 0 atom stereocenters. The Morgan fingerprint density at radius 3 is 3.14 bits per heavy atom. The number of anilines is 1. The van der Waals surface area contributed by atoms with Gasteiger partial charge in [0.15, 0.2) is 0 Å². The van der Waals surface area contributed by atoms with E-state index in [1.54, 1.807) is 24.2 Å². The van der Waals surface area contributed by atoms with E-state index in [1.165, 1.54) is 12.8 Å². The molecule has 0 fully saturated rings. The highest BCUT2D eigenvalue weighted by Crippen LogP contribution is 2.11. The summed E-state index contributed by atoms with van der Waals surface area (Å²) in [6.45, 7) is 2.18. The summed E-state index contributed by atoms with van der Waals surface area (Å²) >= 11 is 6.86. The zero-order valence-corrected chi connectivity index (χ0v) is 9.83. The van der Waals surface area contributed by atoms with Crippen LogP contribution in [0.3, 0.4) is 0 Å². The summed E-state index contributed by atoms with van der Waals surface area (Å²) in [5, 5.41) is 3.13. The molecule has 0 aromatic carbocycles. The molecule has 0 aliphatic carbocycles. The number of nitrogens with one attached hydrogen (secondary N) is 1. The molecule has 1 aromatic rings. The van der Waals surface area contributed by atoms with Crippen LogP contribution in [0.4, 0.5) is 5.69 Å². The van der Waals surface area contributed by atoms with E-state index in [0.717, 1.165) is 15.8 Å². The lowest BCUT2D eigenvalue weighted by atomic mass is 10.4. The molecular weight excluding hydrogens is 212 g/mol. The maximum absolute atomic E-state index is 5.17. The molecule has 0 aliphatic heterocycles. The van der Waals surface area contributed by atoms with Gasteiger partial charge in [0, 0.05) is 11.9 Å². The normalized spacial score (nSPS) is 9.79. The summed E-state index contributed by atoms with van der Waals surface area (Å²) in [5.41, 5.74) is 0.960. The molecule has 1 aromatic heterocycles. The van der Waals surface area contributed by atoms with Gasteiger partial charge >= 0.3 is 0 Å². The quantitative estimate of drug-likeness (QED) is 0.629. The van der Waals surface area contributed by atoms with Crippen LogP contribution in [-0.4, -0.2) is 15.1 Å². The van der Waals surface area contributed by atoms with Crippen LogP contribution in [0.25, 0.3) is 0 Å². The van der Waals surface area contributed by atoms with Crippen LogP contribution in [0.15, 0.2) is 24.5 Å². The van der Waals surface area contributed by atoms with Gasteiger partial charge in [-0.25, -0.2) is 0 Å². The summed E-state index contributed by atoms with van der Waals surface area (Å²) in [4.78, 5) is 4.00. The molecule has 0 spiro atoms. The summed E-state index contributed by atoms with van der Waals surface area (Å²) in [6, 6.07) is 3.85. The van der Waals surface area contributed by atoms with Crippen molar-refractivity contribution in [2.45, 2.75) is 19.8 Å². The Bertz CT molecular complexity index is 275. The average Bonchev–Trinajstić information content (AvgIpc) is 2.20. The number of hydrogen-bond acceptors (Lipinski definition) is 3. The molecule has 1 N–H and O–H groups in total. The number of thiocarbonyl (C=S) groups is 1. The number of hydrogen-bond donors (Lipinski definition) is 1. The van der Waals surface area contributed by atoms with Gasteiger partial charge in [0.05, 0.1) is 11.9 Å². The summed E-state index contributed by atoms with van der Waals surface area (Å²) in [7, 11) is 0. The van der Waals surface area contributed by atoms with Gasteiger partial charge in [0.1, 0.15) is 4.32 Å². The van der Waals surface area contributed by atoms with Crippen molar-refractivity contribution in [3.8, 4) is 0 Å². The molecule has 0 aliphatic rings. The minimum absolute atomic E-state index is 0.825. The molecule has 0 unspecified atom stereocenters. The number of aromatic nitrogens is 1. The lowest BCUT2D eigenvalue weighted by Gasteiger charge is -2.05. The highest BCUT2D eigenvalue weighted by molar-refractivity contribution is 8.23. The molecule has 1 heterocycles. The smallest absolute Gasteiger partial charge is 0.138 e. The largest absolute Gasteiger partial charge is 0.340 e. The summed E-state index contributed by atoms with van der Waals surface area (Å²) in [5.74, 6) is 1.09. The monoisotopic (exact) mass is 226 g/mol. The number of pyridine rings is 1. The molecule has 0 radical (unpaired) electrons. The predicted octanol–water partition coefficient (Wildman–Crippen LogP) is 3.31. The summed E-state index contributed by atoms with van der Waals surface area (Å²) in [6.07, 6.45) is 5.94. The van der Waals surface area contributed by atoms with Crippen molar-refractivity contribution in [2.75, 3.05) is 11.1 Å². The molecule has 0 bridgehead atoms. The van der Waals surface area contributed by atoms with E-state index in [0.29, 0.717) is 0 Å². The van der Waals surface area contributed by atoms with Gasteiger partial charge in [-0.3, -0.25) is 4.98 Å². The second kappa shape index (κ2) is 6.79. The maximum Gasteiger partial charge on any atom is 0.138 e. The minimum atomic E-state index is 0.825. The number of thioether (sulfide) groups is 1. The van der Waals surface area contributed by atoms with Crippen molar-refractivity contribution >= 4 is 34.0 Å². The fourth-order valence-electron chi connectivity index (χ4n) is 0.900. The first-order valence-electron chi connectivity index (χ1n) is 4.66. The van der Waals surface area contributed by atoms with Crippen LogP contribution in [0.5, 0.6) is 0 Å². The van der Waals surface area contributed by atoms with Crippen LogP contribution >= 0.6 is 24.0 Å². The Labute approximate surface area is 94.5 Å². The van der Waals surface area contributed by atoms with Crippen molar-refractivity contribution in [3.05, 3.63) is 24.5 Å². The van der Waals surface area contributed by atoms with Crippen LogP contribution in [0.2, 0.25) is 0 Å². The Morgan fingerprint density at radius 2 is 2.50 bits per heavy atom. The van der Waals surface area contributed by atoms with Crippen molar-refractivity contribution in [2.24, 2.45) is 0 Å². The second-order valence-electron chi connectivity index (χ2n) is 2.86. The number of unbranched alkanes of at least 4 members (excludes halogenated alkanes) is 1. The van der Waals surface area contributed by atoms with Crippen molar-refractivity contribution < 1.29 is 0 Å². The van der Waals surface area contributed by atoms with Crippen LogP contribution < -0.4 is 5.32 Å². The van der Waals surface area contributed by atoms with E-state index in [4.69, 9.17) is 12.2 Å². The molecular formula is C10H14N2S2. The molecule has 76 valence electrons. The molecule has 4 heteroatoms. The first-order valence-corrected chi connectivity index (χ1v) is 6.06. The zero-order valence-electron chi connectivity index (χ0n) is 8.19. The number of nitrogens with zero attached hydrogens (tertiary/aromatic N) is 1. The second-order valence-corrected chi connectivity index (χ2v) is 4.63. The minimum Gasteiger partial charge on any atom is -0.340 e. The lowest BCUT2D eigenvalue weighted by molar-refractivity contribution is 0.898. The van der Waals surface area contributed by atoms with E-state index < -0.39 is 0 Å². The van der Waals surface area contributed by atoms with Gasteiger partial charge in [-0.1, -0.05) is 37.3 Å². The van der Waals surface area contributed by atoms with E-state index in [-0.39, 0.29) is 0 Å². The van der Waals surface area contributed by atoms with Gasteiger partial charge in [-0.05, 0) is 18.6 Å². The van der Waals surface area contributed by atoms with Crippen LogP contribution in [-0.2, 0) is 0 Å². The Kier molecular flexibility index (Phi) is 5.56. The standard InChI is InChI=1S/C10H14N2S2/c1-2-3-7-14-10(13)12-9-5-4-6-11-8-9/h4-6,8H,2-3,7H2,1H3,(H,12,13). The lowest BCUT2D eigenvalue weighted by Crippen LogP contribution is -2.05. The molecule has 0 amide bonds. The van der Waals surface area contributed by atoms with E-state index in [1.807, 2.05) is 12.1 Å². The third-order valence-electron chi connectivity index (χ3n) is 1.64. The first-order chi connectivity index (χ1) is 6.83. The van der Waals surface area contributed by atoms with Gasteiger partial charge in [0.2, 0.25) is 0 Å². The zero-order chi connectivity index (χ0) is 10.2. The van der Waals surface area contributed by atoms with Crippen LogP contribution in [0, 0.1) is 0 Å². The van der Waals surface area contributed by atoms with Crippen molar-refractivity contribution in [1.29, 1.82) is 0 Å². The van der Waals surface area contributed by atoms with Gasteiger partial charge < -0.3 is 5.32 Å². The topological polar surface area (TPSA) is 24.9 Å².